The molecule has 0 spiro atoms. The fourth-order valence-corrected chi connectivity index (χ4v) is 4.10. The quantitative estimate of drug-likeness (QED) is 0.870. The maximum atomic E-state index is 6.32. The Hall–Kier alpha value is -0.180. The molecule has 1 aromatic rings. The van der Waals surface area contributed by atoms with Gasteiger partial charge in [0.05, 0.1) is 0 Å². The molecule has 1 fully saturated rings. The molecule has 2 N–H and O–H groups in total. The Balaban J connectivity index is 1.99. The van der Waals surface area contributed by atoms with Crippen LogP contribution in [0.25, 0.3) is 0 Å². The lowest BCUT2D eigenvalue weighted by atomic mass is 10.0. The van der Waals surface area contributed by atoms with Gasteiger partial charge < -0.3 is 5.73 Å². The molecule has 0 radical (unpaired) electrons. The largest absolute Gasteiger partial charge is 0.328 e. The lowest BCUT2D eigenvalue weighted by molar-refractivity contribution is 0.516. The van der Waals surface area contributed by atoms with Gasteiger partial charge >= 0.3 is 0 Å². The van der Waals surface area contributed by atoms with E-state index in [4.69, 9.17) is 17.3 Å². The first kappa shape index (κ1) is 14.2. The average Bonchev–Trinajstić information content (AvgIpc) is 2.33. The normalized spacial score (nSPS) is 18.8. The molecule has 1 atom stereocenters. The van der Waals surface area contributed by atoms with Crippen LogP contribution in [0, 0.1) is 0 Å². The highest BCUT2D eigenvalue weighted by atomic mass is 35.5. The number of benzene rings is 1. The molecule has 3 heteroatoms. The fraction of sp³-hybridized carbons (Fsp3) is 0.600. The van der Waals surface area contributed by atoms with Crippen molar-refractivity contribution >= 4 is 23.4 Å². The smallest absolute Gasteiger partial charge is 0.0449 e. The number of halogens is 1. The van der Waals surface area contributed by atoms with Crippen LogP contribution in [0.3, 0.4) is 0 Å². The summed E-state index contributed by atoms with van der Waals surface area (Å²) in [6.45, 7) is 2.01. The lowest BCUT2D eigenvalue weighted by Gasteiger charge is -2.21. The zero-order valence-corrected chi connectivity index (χ0v) is 12.6. The Bertz CT molecular complexity index is 386. The molecule has 1 unspecified atom stereocenters. The fourth-order valence-electron chi connectivity index (χ4n) is 2.49. The van der Waals surface area contributed by atoms with E-state index in [-0.39, 0.29) is 6.04 Å². The van der Waals surface area contributed by atoms with Crippen LogP contribution >= 0.6 is 23.4 Å². The lowest BCUT2D eigenvalue weighted by Crippen LogP contribution is -2.17. The van der Waals surface area contributed by atoms with Crippen LogP contribution in [0.2, 0.25) is 5.02 Å². The predicted octanol–water partition coefficient (Wildman–Crippen LogP) is 4.65. The van der Waals surface area contributed by atoms with Gasteiger partial charge in [-0.25, -0.2) is 0 Å². The van der Waals surface area contributed by atoms with Gasteiger partial charge in [-0.15, -0.1) is 11.8 Å². The van der Waals surface area contributed by atoms with E-state index in [1.165, 1.54) is 42.6 Å². The van der Waals surface area contributed by atoms with Gasteiger partial charge in [0.2, 0.25) is 0 Å². The monoisotopic (exact) mass is 283 g/mol. The van der Waals surface area contributed by atoms with Gasteiger partial charge in [0.15, 0.2) is 0 Å². The number of rotatable bonds is 4. The van der Waals surface area contributed by atoms with Crippen molar-refractivity contribution in [2.24, 2.45) is 5.73 Å². The number of hydrogen-bond donors (Lipinski definition) is 1. The van der Waals surface area contributed by atoms with Crippen LogP contribution in [-0.4, -0.2) is 11.3 Å². The molecule has 1 nitrogen and oxygen atoms in total. The van der Waals surface area contributed by atoms with Gasteiger partial charge in [-0.2, -0.15) is 0 Å². The molecular formula is C15H22ClNS. The summed E-state index contributed by atoms with van der Waals surface area (Å²) in [6, 6.07) is 6.61. The van der Waals surface area contributed by atoms with Crippen LogP contribution in [0.1, 0.15) is 44.6 Å². The SMILES string of the molecule is CC(N)Cc1ccc(SC2CCCCC2)cc1Cl. The molecule has 0 saturated heterocycles. The topological polar surface area (TPSA) is 26.0 Å². The Kier molecular flexibility index (Phi) is 5.40. The molecule has 1 aliphatic carbocycles. The van der Waals surface area contributed by atoms with Crippen molar-refractivity contribution in [1.82, 2.24) is 0 Å². The predicted molar refractivity (Wildman–Crippen MR) is 81.5 cm³/mol. The Morgan fingerprint density at radius 3 is 2.67 bits per heavy atom. The van der Waals surface area contributed by atoms with E-state index in [2.05, 4.69) is 18.2 Å². The zero-order chi connectivity index (χ0) is 13.0. The number of thioether (sulfide) groups is 1. The van der Waals surface area contributed by atoms with Gasteiger partial charge in [0.1, 0.15) is 0 Å². The summed E-state index contributed by atoms with van der Waals surface area (Å²) in [5, 5.41) is 1.65. The Morgan fingerprint density at radius 2 is 2.06 bits per heavy atom. The third kappa shape index (κ3) is 4.18. The molecule has 0 bridgehead atoms. The summed E-state index contributed by atoms with van der Waals surface area (Å²) in [7, 11) is 0. The molecule has 0 aliphatic heterocycles. The first-order chi connectivity index (χ1) is 8.65. The van der Waals surface area contributed by atoms with Crippen LogP contribution < -0.4 is 5.73 Å². The van der Waals surface area contributed by atoms with Crippen molar-refractivity contribution in [3.8, 4) is 0 Å². The molecule has 1 aromatic carbocycles. The molecular weight excluding hydrogens is 262 g/mol. The second-order valence-electron chi connectivity index (χ2n) is 5.31. The number of hydrogen-bond acceptors (Lipinski definition) is 2. The van der Waals surface area contributed by atoms with Crippen LogP contribution in [0.15, 0.2) is 23.1 Å². The second-order valence-corrected chi connectivity index (χ2v) is 7.09. The van der Waals surface area contributed by atoms with Gasteiger partial charge in [-0.1, -0.05) is 36.9 Å². The first-order valence-corrected chi connectivity index (χ1v) is 8.11. The third-order valence-electron chi connectivity index (χ3n) is 3.42. The molecule has 18 heavy (non-hydrogen) atoms. The van der Waals surface area contributed by atoms with Gasteiger partial charge in [0, 0.05) is 21.2 Å². The molecule has 0 aromatic heterocycles. The van der Waals surface area contributed by atoms with Crippen molar-refractivity contribution in [2.45, 2.75) is 61.6 Å². The van der Waals surface area contributed by atoms with Crippen molar-refractivity contribution in [2.75, 3.05) is 0 Å². The van der Waals surface area contributed by atoms with Crippen LogP contribution in [0.4, 0.5) is 0 Å². The molecule has 100 valence electrons. The summed E-state index contributed by atoms with van der Waals surface area (Å²) in [4.78, 5) is 1.31. The zero-order valence-electron chi connectivity index (χ0n) is 11.0. The van der Waals surface area contributed by atoms with E-state index >= 15 is 0 Å². The van der Waals surface area contributed by atoms with E-state index in [0.717, 1.165) is 16.7 Å². The molecule has 0 heterocycles. The summed E-state index contributed by atoms with van der Waals surface area (Å²) in [5.41, 5.74) is 6.98. The Labute approximate surface area is 119 Å². The standard InChI is InChI=1S/C15H22ClNS/c1-11(17)9-12-7-8-14(10-15(12)16)18-13-5-3-2-4-6-13/h7-8,10-11,13H,2-6,9,17H2,1H3. The molecule has 2 rings (SSSR count). The van der Waals surface area contributed by atoms with Crippen molar-refractivity contribution in [1.29, 1.82) is 0 Å². The first-order valence-electron chi connectivity index (χ1n) is 6.86. The molecule has 0 amide bonds. The van der Waals surface area contributed by atoms with Crippen molar-refractivity contribution < 1.29 is 0 Å². The molecule has 1 saturated carbocycles. The maximum Gasteiger partial charge on any atom is 0.0449 e. The second kappa shape index (κ2) is 6.83. The van der Waals surface area contributed by atoms with E-state index in [1.54, 1.807) is 0 Å². The number of nitrogens with two attached hydrogens (primary N) is 1. The minimum atomic E-state index is 0.166. The highest BCUT2D eigenvalue weighted by Gasteiger charge is 2.15. The minimum absolute atomic E-state index is 0.166. The summed E-state index contributed by atoms with van der Waals surface area (Å²) in [5.74, 6) is 0. The van der Waals surface area contributed by atoms with E-state index in [9.17, 15) is 0 Å². The third-order valence-corrected chi connectivity index (χ3v) is 5.10. The van der Waals surface area contributed by atoms with E-state index < -0.39 is 0 Å². The van der Waals surface area contributed by atoms with Gasteiger partial charge in [0.25, 0.3) is 0 Å². The van der Waals surface area contributed by atoms with Crippen LogP contribution in [0.5, 0.6) is 0 Å². The highest BCUT2D eigenvalue weighted by molar-refractivity contribution is 8.00. The van der Waals surface area contributed by atoms with Gasteiger partial charge in [-0.3, -0.25) is 0 Å². The highest BCUT2D eigenvalue weighted by Crippen LogP contribution is 2.35. The minimum Gasteiger partial charge on any atom is -0.328 e. The van der Waals surface area contributed by atoms with E-state index in [1.807, 2.05) is 18.7 Å². The average molecular weight is 284 g/mol. The summed E-state index contributed by atoms with van der Waals surface area (Å²) >= 11 is 8.31. The van der Waals surface area contributed by atoms with E-state index in [0.29, 0.717) is 0 Å². The maximum absolute atomic E-state index is 6.32. The Morgan fingerprint density at radius 1 is 1.33 bits per heavy atom. The van der Waals surface area contributed by atoms with Crippen molar-refractivity contribution in [3.05, 3.63) is 28.8 Å². The summed E-state index contributed by atoms with van der Waals surface area (Å²) < 4.78 is 0. The van der Waals surface area contributed by atoms with Crippen molar-refractivity contribution in [3.63, 3.8) is 0 Å². The van der Waals surface area contributed by atoms with Gasteiger partial charge in [-0.05, 0) is 43.9 Å². The summed E-state index contributed by atoms with van der Waals surface area (Å²) in [6.07, 6.45) is 7.73. The molecule has 1 aliphatic rings. The van der Waals surface area contributed by atoms with Crippen LogP contribution in [-0.2, 0) is 6.42 Å².